The molecule has 6 N–H and O–H groups in total. The molecule has 0 aromatic heterocycles. The maximum absolute atomic E-state index is 9.53. The summed E-state index contributed by atoms with van der Waals surface area (Å²) in [6.45, 7) is 0.868. The van der Waals surface area contributed by atoms with E-state index < -0.39 is 0 Å². The van der Waals surface area contributed by atoms with E-state index >= 15 is 0 Å². The summed E-state index contributed by atoms with van der Waals surface area (Å²) in [5, 5.41) is 9.40. The molecule has 2 rings (SSSR count). The molecule has 1 heterocycles. The number of benzene rings is 1. The molecule has 1 aliphatic rings. The molecule has 1 aromatic carbocycles. The largest absolute Gasteiger partial charge is 1.00 e. The Morgan fingerprint density at radius 2 is 2.24 bits per heavy atom. The van der Waals surface area contributed by atoms with E-state index in [0.717, 1.165) is 0 Å². The molecule has 1 aromatic rings. The van der Waals surface area contributed by atoms with Crippen molar-refractivity contribution in [1.29, 1.82) is 0 Å². The highest BCUT2D eigenvalue weighted by molar-refractivity contribution is 5.93. The van der Waals surface area contributed by atoms with E-state index in [1.54, 1.807) is 18.2 Å². The number of aliphatic imine (C=N–C) groups is 1. The van der Waals surface area contributed by atoms with Gasteiger partial charge < -0.3 is 45.2 Å². The number of nitrogens with zero attached hydrogens (tertiary/aromatic N) is 2. The van der Waals surface area contributed by atoms with Crippen molar-refractivity contribution in [2.75, 3.05) is 13.2 Å². The van der Waals surface area contributed by atoms with Gasteiger partial charge in [-0.1, -0.05) is 5.17 Å². The minimum Gasteiger partial charge on any atom is -1.00 e. The lowest BCUT2D eigenvalue weighted by Crippen LogP contribution is -3.01. The van der Waals surface area contributed by atoms with Crippen LogP contribution in [0.4, 0.5) is 11.4 Å². The van der Waals surface area contributed by atoms with Gasteiger partial charge in [0.2, 0.25) is 0 Å². The number of fused-ring (bicyclic) bond motifs is 1. The van der Waals surface area contributed by atoms with Gasteiger partial charge in [-0.15, -0.1) is 0 Å². The lowest BCUT2D eigenvalue weighted by Gasteiger charge is -2.23. The molecular formula is C9H13IN5O2-. The third-order valence-electron chi connectivity index (χ3n) is 2.05. The van der Waals surface area contributed by atoms with Crippen LogP contribution in [0.15, 0.2) is 23.2 Å². The Balaban J connectivity index is 0.00000144. The molecule has 17 heavy (non-hydrogen) atoms. The van der Waals surface area contributed by atoms with Gasteiger partial charge in [-0.25, -0.2) is 0 Å². The fourth-order valence-corrected chi connectivity index (χ4v) is 1.38. The van der Waals surface area contributed by atoms with E-state index in [1.807, 2.05) is 0 Å². The van der Waals surface area contributed by atoms with E-state index in [1.165, 1.54) is 0 Å². The first-order chi connectivity index (χ1) is 7.70. The number of nitrogens with one attached hydrogen (secondary N) is 1. The number of rotatable bonds is 3. The Hall–Kier alpha value is -1.10. The summed E-state index contributed by atoms with van der Waals surface area (Å²) in [5.74, 6) is 0.663. The molecule has 0 saturated carbocycles. The SMILES string of the molecule is NCCOc1ccc2c(c1)N=C(N)[N-][NH+]2O.[I-]. The third-order valence-corrected chi connectivity index (χ3v) is 2.05. The summed E-state index contributed by atoms with van der Waals surface area (Å²) < 4.78 is 5.34. The molecule has 7 nitrogen and oxygen atoms in total. The van der Waals surface area contributed by atoms with Gasteiger partial charge in [0.1, 0.15) is 12.4 Å². The van der Waals surface area contributed by atoms with Gasteiger partial charge in [0.25, 0.3) is 0 Å². The van der Waals surface area contributed by atoms with Crippen LogP contribution in [-0.4, -0.2) is 24.3 Å². The Bertz CT molecular complexity index is 426. The van der Waals surface area contributed by atoms with Gasteiger partial charge in [0.15, 0.2) is 5.69 Å². The summed E-state index contributed by atoms with van der Waals surface area (Å²) in [6, 6.07) is 5.08. The summed E-state index contributed by atoms with van der Waals surface area (Å²) in [6.07, 6.45) is 0. The Kier molecular flexibility index (Phi) is 4.93. The smallest absolute Gasteiger partial charge is 0.189 e. The summed E-state index contributed by atoms with van der Waals surface area (Å²) in [5.41, 5.74) is 15.5. The lowest BCUT2D eigenvalue weighted by molar-refractivity contribution is -0.998. The second-order valence-electron chi connectivity index (χ2n) is 3.22. The van der Waals surface area contributed by atoms with E-state index in [0.29, 0.717) is 30.3 Å². The summed E-state index contributed by atoms with van der Waals surface area (Å²) >= 11 is 0. The van der Waals surface area contributed by atoms with Gasteiger partial charge in [-0.3, -0.25) is 0 Å². The fraction of sp³-hybridized carbons (Fsp3) is 0.222. The molecule has 0 radical (unpaired) electrons. The topological polar surface area (TPSA) is 112 Å². The van der Waals surface area contributed by atoms with Crippen molar-refractivity contribution in [3.05, 3.63) is 23.6 Å². The Labute approximate surface area is 115 Å². The number of quaternary nitrogens is 1. The second-order valence-corrected chi connectivity index (χ2v) is 3.22. The number of hydrogen-bond acceptors (Lipinski definition) is 5. The Morgan fingerprint density at radius 3 is 2.94 bits per heavy atom. The van der Waals surface area contributed by atoms with Crippen LogP contribution in [0.1, 0.15) is 0 Å². The molecule has 0 spiro atoms. The van der Waals surface area contributed by atoms with Crippen molar-refractivity contribution in [3.63, 3.8) is 0 Å². The van der Waals surface area contributed by atoms with Gasteiger partial charge in [0, 0.05) is 12.6 Å². The molecule has 0 aliphatic carbocycles. The van der Waals surface area contributed by atoms with Crippen molar-refractivity contribution >= 4 is 17.3 Å². The van der Waals surface area contributed by atoms with Crippen molar-refractivity contribution in [2.45, 2.75) is 0 Å². The van der Waals surface area contributed by atoms with Gasteiger partial charge >= 0.3 is 0 Å². The first kappa shape index (κ1) is 14.0. The van der Waals surface area contributed by atoms with Crippen molar-refractivity contribution in [3.8, 4) is 5.75 Å². The van der Waals surface area contributed by atoms with E-state index in [9.17, 15) is 5.21 Å². The quantitative estimate of drug-likeness (QED) is 0.419. The van der Waals surface area contributed by atoms with Crippen LogP contribution in [0, 0.1) is 0 Å². The molecule has 1 atom stereocenters. The highest BCUT2D eigenvalue weighted by Crippen LogP contribution is 2.29. The van der Waals surface area contributed by atoms with Crippen LogP contribution in [0.25, 0.3) is 5.43 Å². The van der Waals surface area contributed by atoms with Crippen LogP contribution in [0.2, 0.25) is 0 Å². The maximum Gasteiger partial charge on any atom is 0.189 e. The molecule has 0 bridgehead atoms. The average molecular weight is 350 g/mol. The lowest BCUT2D eigenvalue weighted by atomic mass is 10.2. The third kappa shape index (κ3) is 3.19. The first-order valence-electron chi connectivity index (χ1n) is 4.80. The molecule has 1 unspecified atom stereocenters. The van der Waals surface area contributed by atoms with Gasteiger partial charge in [-0.2, -0.15) is 10.6 Å². The molecule has 0 fully saturated rings. The van der Waals surface area contributed by atoms with E-state index in [-0.39, 0.29) is 35.1 Å². The van der Waals surface area contributed by atoms with Crippen LogP contribution in [-0.2, 0) is 0 Å². The first-order valence-corrected chi connectivity index (χ1v) is 4.80. The van der Waals surface area contributed by atoms with Crippen LogP contribution in [0.3, 0.4) is 0 Å². The number of nitrogens with two attached hydrogens (primary N) is 2. The molecule has 0 amide bonds. The minimum atomic E-state index is -0.132. The summed E-state index contributed by atoms with van der Waals surface area (Å²) in [4.78, 5) is 4.00. The van der Waals surface area contributed by atoms with Crippen molar-refractivity contribution in [1.82, 2.24) is 0 Å². The molecular weight excluding hydrogens is 337 g/mol. The predicted octanol–water partition coefficient (Wildman–Crippen LogP) is -3.82. The number of halogens is 1. The second kappa shape index (κ2) is 6.00. The maximum atomic E-state index is 9.53. The normalized spacial score (nSPS) is 17.3. The molecule has 1 aliphatic heterocycles. The molecule has 0 saturated heterocycles. The highest BCUT2D eigenvalue weighted by atomic mass is 127. The number of ether oxygens (including phenoxy) is 1. The van der Waals surface area contributed by atoms with Crippen LogP contribution in [0.5, 0.6) is 5.75 Å². The van der Waals surface area contributed by atoms with Crippen molar-refractivity contribution < 1.29 is 39.1 Å². The highest BCUT2D eigenvalue weighted by Gasteiger charge is 2.17. The summed E-state index contributed by atoms with van der Waals surface area (Å²) in [7, 11) is 0. The molecule has 94 valence electrons. The van der Waals surface area contributed by atoms with Crippen LogP contribution < -0.4 is 45.4 Å². The zero-order chi connectivity index (χ0) is 11.5. The zero-order valence-corrected chi connectivity index (χ0v) is 11.1. The van der Waals surface area contributed by atoms with Gasteiger partial charge in [-0.05, 0) is 12.1 Å². The van der Waals surface area contributed by atoms with Crippen LogP contribution >= 0.6 is 0 Å². The Morgan fingerprint density at radius 1 is 1.47 bits per heavy atom. The monoisotopic (exact) mass is 350 g/mol. The standard InChI is InChI=1S/C9H13N5O2.HI/c10-3-4-16-6-1-2-8-7(5-6)12-9(11)13-14(8)15;/h1-2,5,14-15H,3-4,10H2,(H2-,11,12,13);1H/p-1. The number of hydrogen-bond donors (Lipinski definition) is 4. The average Bonchev–Trinajstić information content (AvgIpc) is 2.25. The fourth-order valence-electron chi connectivity index (χ4n) is 1.38. The zero-order valence-electron chi connectivity index (χ0n) is 8.93. The minimum absolute atomic E-state index is 0. The number of guanidine groups is 1. The van der Waals surface area contributed by atoms with Crippen molar-refractivity contribution in [2.24, 2.45) is 16.5 Å². The van der Waals surface area contributed by atoms with E-state index in [4.69, 9.17) is 16.2 Å². The predicted molar refractivity (Wildman–Crippen MR) is 58.0 cm³/mol. The van der Waals surface area contributed by atoms with Gasteiger partial charge in [0.05, 0.1) is 11.6 Å². The molecule has 8 heteroatoms. The van der Waals surface area contributed by atoms with E-state index in [2.05, 4.69) is 10.4 Å².